The van der Waals surface area contributed by atoms with Gasteiger partial charge in [0.25, 0.3) is 0 Å². The van der Waals surface area contributed by atoms with Gasteiger partial charge in [0.2, 0.25) is 0 Å². The first kappa shape index (κ1) is 15.2. The lowest BCUT2D eigenvalue weighted by atomic mass is 10.2. The average molecular weight is 274 g/mol. The van der Waals surface area contributed by atoms with Crippen LogP contribution in [0.2, 0.25) is 0 Å². The Morgan fingerprint density at radius 3 is 2.32 bits per heavy atom. The summed E-state index contributed by atoms with van der Waals surface area (Å²) in [6.45, 7) is 1.73. The van der Waals surface area contributed by atoms with E-state index in [1.807, 2.05) is 6.92 Å². The predicted octanol–water partition coefficient (Wildman–Crippen LogP) is -0.312. The van der Waals surface area contributed by atoms with Crippen LogP contribution in [-0.4, -0.2) is 76.9 Å². The molecule has 0 aromatic carbocycles. The fourth-order valence-corrected chi connectivity index (χ4v) is 1.94. The Labute approximate surface area is 110 Å². The van der Waals surface area contributed by atoms with Crippen LogP contribution in [-0.2, 0) is 14.3 Å². The number of hydrogen-bond acceptors (Lipinski definition) is 4. The number of hydrogen-bond donors (Lipinski definition) is 2. The van der Waals surface area contributed by atoms with E-state index in [0.717, 1.165) is 4.90 Å². The van der Waals surface area contributed by atoms with Crippen molar-refractivity contribution in [3.63, 3.8) is 0 Å². The van der Waals surface area contributed by atoms with Crippen LogP contribution in [0.5, 0.6) is 0 Å². The Morgan fingerprint density at radius 1 is 1.26 bits per heavy atom. The number of morpholine rings is 1. The first-order valence-electron chi connectivity index (χ1n) is 6.02. The summed E-state index contributed by atoms with van der Waals surface area (Å²) >= 11 is 0. The number of ether oxygens (including phenoxy) is 1. The van der Waals surface area contributed by atoms with Crippen LogP contribution in [0.25, 0.3) is 0 Å². The summed E-state index contributed by atoms with van der Waals surface area (Å²) in [4.78, 5) is 35.9. The standard InChI is InChI=1S/C11H18N2O6/c1-2-8-7-19-4-3-13(8)11(18)12(5-9(14)15)6-10(16)17/h8H,2-7H2,1H3,(H,14,15)(H,16,17). The number of aliphatic carboxylic acids is 2. The van der Waals surface area contributed by atoms with Crippen molar-refractivity contribution >= 4 is 18.0 Å². The van der Waals surface area contributed by atoms with Gasteiger partial charge >= 0.3 is 18.0 Å². The number of carboxylic acids is 2. The number of nitrogens with zero attached hydrogens (tertiary/aromatic N) is 2. The summed E-state index contributed by atoms with van der Waals surface area (Å²) in [7, 11) is 0. The SMILES string of the molecule is CCC1COCCN1C(=O)N(CC(=O)O)CC(=O)O. The highest BCUT2D eigenvalue weighted by molar-refractivity contribution is 5.84. The fourth-order valence-electron chi connectivity index (χ4n) is 1.94. The molecular weight excluding hydrogens is 256 g/mol. The van der Waals surface area contributed by atoms with E-state index in [1.165, 1.54) is 4.90 Å². The van der Waals surface area contributed by atoms with Gasteiger partial charge in [0.15, 0.2) is 0 Å². The Kier molecular flexibility index (Phi) is 5.56. The third kappa shape index (κ3) is 4.40. The van der Waals surface area contributed by atoms with E-state index in [0.29, 0.717) is 26.2 Å². The number of urea groups is 1. The van der Waals surface area contributed by atoms with Crippen molar-refractivity contribution in [2.24, 2.45) is 0 Å². The molecule has 1 atom stereocenters. The molecule has 8 heteroatoms. The number of rotatable bonds is 5. The minimum atomic E-state index is -1.24. The average Bonchev–Trinajstić information content (AvgIpc) is 2.36. The molecule has 0 radical (unpaired) electrons. The fraction of sp³-hybridized carbons (Fsp3) is 0.727. The highest BCUT2D eigenvalue weighted by Gasteiger charge is 2.31. The van der Waals surface area contributed by atoms with Crippen molar-refractivity contribution in [2.75, 3.05) is 32.8 Å². The molecule has 0 aromatic heterocycles. The maximum atomic E-state index is 12.2. The summed E-state index contributed by atoms with van der Waals surface area (Å²) in [5.74, 6) is -2.48. The van der Waals surface area contributed by atoms with Gasteiger partial charge in [-0.15, -0.1) is 0 Å². The predicted molar refractivity (Wildman–Crippen MR) is 63.8 cm³/mol. The van der Waals surface area contributed by atoms with Gasteiger partial charge in [-0.1, -0.05) is 6.92 Å². The van der Waals surface area contributed by atoms with Gasteiger partial charge in [0, 0.05) is 6.54 Å². The first-order chi connectivity index (χ1) is 8.95. The molecule has 1 aliphatic rings. The van der Waals surface area contributed by atoms with Crippen LogP contribution >= 0.6 is 0 Å². The summed E-state index contributed by atoms with van der Waals surface area (Å²) in [5.41, 5.74) is 0. The van der Waals surface area contributed by atoms with Gasteiger partial charge in [0.05, 0.1) is 19.3 Å². The van der Waals surface area contributed by atoms with Gasteiger partial charge in [-0.05, 0) is 6.42 Å². The monoisotopic (exact) mass is 274 g/mol. The molecular formula is C11H18N2O6. The summed E-state index contributed by atoms with van der Waals surface area (Å²) < 4.78 is 5.25. The molecule has 0 aromatic rings. The lowest BCUT2D eigenvalue weighted by molar-refractivity contribution is -0.141. The van der Waals surface area contributed by atoms with Crippen LogP contribution < -0.4 is 0 Å². The van der Waals surface area contributed by atoms with Crippen molar-refractivity contribution in [3.05, 3.63) is 0 Å². The van der Waals surface area contributed by atoms with E-state index in [9.17, 15) is 14.4 Å². The van der Waals surface area contributed by atoms with Gasteiger partial charge in [-0.25, -0.2) is 4.79 Å². The van der Waals surface area contributed by atoms with E-state index in [2.05, 4.69) is 0 Å². The minimum Gasteiger partial charge on any atom is -0.480 e. The molecule has 2 N–H and O–H groups in total. The Hall–Kier alpha value is -1.83. The van der Waals surface area contributed by atoms with Crippen LogP contribution in [0.3, 0.4) is 0 Å². The van der Waals surface area contributed by atoms with Gasteiger partial charge in [-0.3, -0.25) is 9.59 Å². The zero-order chi connectivity index (χ0) is 14.4. The van der Waals surface area contributed by atoms with Gasteiger partial charge < -0.3 is 24.7 Å². The first-order valence-corrected chi connectivity index (χ1v) is 6.02. The van der Waals surface area contributed by atoms with E-state index < -0.39 is 31.1 Å². The highest BCUT2D eigenvalue weighted by atomic mass is 16.5. The molecule has 108 valence electrons. The second-order valence-corrected chi connectivity index (χ2v) is 4.26. The Balaban J connectivity index is 2.78. The van der Waals surface area contributed by atoms with Crippen molar-refractivity contribution in [3.8, 4) is 0 Å². The second-order valence-electron chi connectivity index (χ2n) is 4.26. The number of carboxylic acid groups (broad SMARTS) is 2. The maximum Gasteiger partial charge on any atom is 0.323 e. The zero-order valence-electron chi connectivity index (χ0n) is 10.7. The number of carbonyl (C=O) groups excluding carboxylic acids is 1. The lowest BCUT2D eigenvalue weighted by Gasteiger charge is -2.37. The van der Waals surface area contributed by atoms with Crippen molar-refractivity contribution < 1.29 is 29.3 Å². The summed E-state index contributed by atoms with van der Waals surface area (Å²) in [6.07, 6.45) is 0.666. The molecule has 0 saturated carbocycles. The lowest BCUT2D eigenvalue weighted by Crippen LogP contribution is -2.55. The zero-order valence-corrected chi connectivity index (χ0v) is 10.7. The van der Waals surface area contributed by atoms with E-state index in [4.69, 9.17) is 14.9 Å². The van der Waals surface area contributed by atoms with E-state index >= 15 is 0 Å². The molecule has 1 heterocycles. The third-order valence-corrected chi connectivity index (χ3v) is 2.87. The Bertz CT molecular complexity index is 343. The molecule has 1 unspecified atom stereocenters. The van der Waals surface area contributed by atoms with Crippen LogP contribution in [0.4, 0.5) is 4.79 Å². The highest BCUT2D eigenvalue weighted by Crippen LogP contribution is 2.13. The smallest absolute Gasteiger partial charge is 0.323 e. The summed E-state index contributed by atoms with van der Waals surface area (Å²) in [5, 5.41) is 17.5. The molecule has 0 spiro atoms. The minimum absolute atomic E-state index is 0.147. The molecule has 2 amide bonds. The Morgan fingerprint density at radius 2 is 1.84 bits per heavy atom. The van der Waals surface area contributed by atoms with E-state index in [1.54, 1.807) is 0 Å². The number of amides is 2. The largest absolute Gasteiger partial charge is 0.480 e. The van der Waals surface area contributed by atoms with Crippen LogP contribution in [0.1, 0.15) is 13.3 Å². The number of carbonyl (C=O) groups is 3. The van der Waals surface area contributed by atoms with Crippen molar-refractivity contribution in [2.45, 2.75) is 19.4 Å². The molecule has 1 rings (SSSR count). The van der Waals surface area contributed by atoms with Crippen molar-refractivity contribution in [1.82, 2.24) is 9.80 Å². The molecule has 19 heavy (non-hydrogen) atoms. The quantitative estimate of drug-likeness (QED) is 0.712. The molecule has 1 aliphatic heterocycles. The van der Waals surface area contributed by atoms with Crippen molar-refractivity contribution in [1.29, 1.82) is 0 Å². The molecule has 0 bridgehead atoms. The molecule has 8 nitrogen and oxygen atoms in total. The second kappa shape index (κ2) is 6.93. The summed E-state index contributed by atoms with van der Waals surface area (Å²) in [6, 6.07) is -0.716. The van der Waals surface area contributed by atoms with Gasteiger partial charge in [0.1, 0.15) is 13.1 Å². The maximum absolute atomic E-state index is 12.2. The normalized spacial score (nSPS) is 19.0. The van der Waals surface area contributed by atoms with Crippen LogP contribution in [0.15, 0.2) is 0 Å². The third-order valence-electron chi connectivity index (χ3n) is 2.87. The molecule has 0 aliphatic carbocycles. The molecule has 1 saturated heterocycles. The van der Waals surface area contributed by atoms with Gasteiger partial charge in [-0.2, -0.15) is 0 Å². The molecule has 1 fully saturated rings. The van der Waals surface area contributed by atoms with Crippen LogP contribution in [0, 0.1) is 0 Å². The topological polar surface area (TPSA) is 107 Å². The van der Waals surface area contributed by atoms with E-state index in [-0.39, 0.29) is 6.04 Å².